The van der Waals surface area contributed by atoms with Crippen molar-refractivity contribution in [2.45, 2.75) is 37.6 Å². The van der Waals surface area contributed by atoms with E-state index in [2.05, 4.69) is 15.9 Å². The molecule has 1 aliphatic heterocycles. The molecule has 2 atom stereocenters. The Balaban J connectivity index is 2.47. The predicted molar refractivity (Wildman–Crippen MR) is 80.3 cm³/mol. The number of benzene rings is 1. The molecule has 1 fully saturated rings. The molecule has 1 aromatic rings. The molecule has 2 N–H and O–H groups in total. The number of hydrogen-bond acceptors (Lipinski definition) is 3. The fourth-order valence-corrected chi connectivity index (χ4v) is 4.63. The van der Waals surface area contributed by atoms with Gasteiger partial charge in [0.1, 0.15) is 10.7 Å². The molecule has 1 heterocycles. The first-order valence-corrected chi connectivity index (χ1v) is 8.73. The zero-order chi connectivity index (χ0) is 15.1. The molecule has 2 unspecified atom stereocenters. The summed E-state index contributed by atoms with van der Waals surface area (Å²) in [5.41, 5.74) is 5.89. The SMILES string of the molecule is CC1CCC(C)N(S(=O)(=O)c2cc(N)c(Br)cc2F)C1. The van der Waals surface area contributed by atoms with Gasteiger partial charge in [-0.15, -0.1) is 0 Å². The Morgan fingerprint density at radius 2 is 2.00 bits per heavy atom. The van der Waals surface area contributed by atoms with Crippen LogP contribution in [0.15, 0.2) is 21.5 Å². The lowest BCUT2D eigenvalue weighted by atomic mass is 9.97. The Bertz CT molecular complexity index is 621. The Morgan fingerprint density at radius 1 is 1.35 bits per heavy atom. The summed E-state index contributed by atoms with van der Waals surface area (Å²) >= 11 is 3.09. The van der Waals surface area contributed by atoms with E-state index in [0.29, 0.717) is 11.0 Å². The third-order valence-corrected chi connectivity index (χ3v) is 6.38. The summed E-state index contributed by atoms with van der Waals surface area (Å²) in [7, 11) is -3.86. The van der Waals surface area contributed by atoms with Crippen molar-refractivity contribution in [1.29, 1.82) is 0 Å². The van der Waals surface area contributed by atoms with Crippen LogP contribution < -0.4 is 5.73 Å². The third-order valence-electron chi connectivity index (χ3n) is 3.70. The molecule has 1 aliphatic rings. The molecular formula is C13H18BrFN2O2S. The highest BCUT2D eigenvalue weighted by Gasteiger charge is 2.35. The predicted octanol–water partition coefficient (Wildman–Crippen LogP) is 2.98. The first-order chi connectivity index (χ1) is 9.23. The summed E-state index contributed by atoms with van der Waals surface area (Å²) in [6, 6.07) is 2.15. The maximum atomic E-state index is 14.0. The Hall–Kier alpha value is -0.660. The quantitative estimate of drug-likeness (QED) is 0.820. The van der Waals surface area contributed by atoms with E-state index in [1.54, 1.807) is 0 Å². The fourth-order valence-electron chi connectivity index (χ4n) is 2.45. The number of halogens is 2. The van der Waals surface area contributed by atoms with Crippen molar-refractivity contribution in [2.75, 3.05) is 12.3 Å². The zero-order valence-electron chi connectivity index (χ0n) is 11.4. The Labute approximate surface area is 127 Å². The second-order valence-electron chi connectivity index (χ2n) is 5.41. The summed E-state index contributed by atoms with van der Waals surface area (Å²) in [6.07, 6.45) is 1.77. The van der Waals surface area contributed by atoms with Gasteiger partial charge in [0.05, 0.1) is 0 Å². The zero-order valence-corrected chi connectivity index (χ0v) is 13.8. The number of sulfonamides is 1. The molecule has 2 rings (SSSR count). The number of hydrogen-bond donors (Lipinski definition) is 1. The van der Waals surface area contributed by atoms with Crippen LogP contribution in [0.5, 0.6) is 0 Å². The van der Waals surface area contributed by atoms with E-state index in [-0.39, 0.29) is 22.5 Å². The highest BCUT2D eigenvalue weighted by molar-refractivity contribution is 9.10. The van der Waals surface area contributed by atoms with Gasteiger partial charge in [-0.1, -0.05) is 6.92 Å². The van der Waals surface area contributed by atoms with Crippen molar-refractivity contribution in [3.05, 3.63) is 22.4 Å². The molecule has 7 heteroatoms. The van der Waals surface area contributed by atoms with Crippen LogP contribution in [0.25, 0.3) is 0 Å². The standard InChI is InChI=1S/C13H18BrFN2O2S/c1-8-3-4-9(2)17(7-8)20(18,19)13-6-12(16)10(14)5-11(13)15/h5-6,8-9H,3-4,7,16H2,1-2H3. The fraction of sp³-hybridized carbons (Fsp3) is 0.538. The number of piperidine rings is 1. The molecule has 0 saturated carbocycles. The number of nitrogens with zero attached hydrogens (tertiary/aromatic N) is 1. The molecule has 1 aromatic carbocycles. The van der Waals surface area contributed by atoms with Gasteiger partial charge in [0.2, 0.25) is 10.0 Å². The summed E-state index contributed by atoms with van der Waals surface area (Å²) in [4.78, 5) is -0.348. The first-order valence-electron chi connectivity index (χ1n) is 6.50. The molecule has 0 aromatic heterocycles. The van der Waals surface area contributed by atoms with Crippen molar-refractivity contribution in [3.63, 3.8) is 0 Å². The lowest BCUT2D eigenvalue weighted by Gasteiger charge is -2.35. The minimum absolute atomic E-state index is 0.125. The van der Waals surface area contributed by atoms with Crippen molar-refractivity contribution in [1.82, 2.24) is 4.31 Å². The van der Waals surface area contributed by atoms with Gasteiger partial charge in [0, 0.05) is 22.7 Å². The van der Waals surface area contributed by atoms with E-state index in [4.69, 9.17) is 5.73 Å². The second kappa shape index (κ2) is 5.61. The van der Waals surface area contributed by atoms with Crippen LogP contribution in [0, 0.1) is 11.7 Å². The molecule has 1 saturated heterocycles. The van der Waals surface area contributed by atoms with Crippen LogP contribution >= 0.6 is 15.9 Å². The number of nitrogens with two attached hydrogens (primary N) is 1. The largest absolute Gasteiger partial charge is 0.398 e. The van der Waals surface area contributed by atoms with Crippen molar-refractivity contribution < 1.29 is 12.8 Å². The van der Waals surface area contributed by atoms with Gasteiger partial charge in [-0.05, 0) is 53.7 Å². The summed E-state index contributed by atoms with van der Waals surface area (Å²) in [5, 5.41) is 0. The molecule has 0 spiro atoms. The van der Waals surface area contributed by atoms with E-state index < -0.39 is 15.8 Å². The lowest BCUT2D eigenvalue weighted by Crippen LogP contribution is -2.45. The van der Waals surface area contributed by atoms with E-state index >= 15 is 0 Å². The van der Waals surface area contributed by atoms with E-state index in [9.17, 15) is 12.8 Å². The summed E-state index contributed by atoms with van der Waals surface area (Å²) in [6.45, 7) is 4.27. The molecule has 112 valence electrons. The average molecular weight is 365 g/mol. The highest BCUT2D eigenvalue weighted by atomic mass is 79.9. The topological polar surface area (TPSA) is 63.4 Å². The summed E-state index contributed by atoms with van der Waals surface area (Å²) in [5.74, 6) is -0.506. The number of nitrogen functional groups attached to an aromatic ring is 1. The van der Waals surface area contributed by atoms with E-state index in [1.807, 2.05) is 13.8 Å². The smallest absolute Gasteiger partial charge is 0.246 e. The van der Waals surface area contributed by atoms with Crippen molar-refractivity contribution >= 4 is 31.6 Å². The molecule has 20 heavy (non-hydrogen) atoms. The van der Waals surface area contributed by atoms with Gasteiger partial charge < -0.3 is 5.73 Å². The minimum Gasteiger partial charge on any atom is -0.398 e. The molecule has 4 nitrogen and oxygen atoms in total. The molecule has 0 bridgehead atoms. The van der Waals surface area contributed by atoms with Crippen LogP contribution in [0.2, 0.25) is 0 Å². The maximum absolute atomic E-state index is 14.0. The van der Waals surface area contributed by atoms with E-state index in [1.165, 1.54) is 10.4 Å². The van der Waals surface area contributed by atoms with Crippen molar-refractivity contribution in [2.24, 2.45) is 5.92 Å². The molecule has 0 amide bonds. The first kappa shape index (κ1) is 15.7. The molecule has 0 aliphatic carbocycles. The molecular weight excluding hydrogens is 347 g/mol. The van der Waals surface area contributed by atoms with Crippen LogP contribution in [-0.4, -0.2) is 25.3 Å². The normalized spacial score (nSPS) is 24.8. The van der Waals surface area contributed by atoms with Crippen LogP contribution in [0.4, 0.5) is 10.1 Å². The Morgan fingerprint density at radius 3 is 2.65 bits per heavy atom. The van der Waals surface area contributed by atoms with Crippen LogP contribution in [-0.2, 0) is 10.0 Å². The van der Waals surface area contributed by atoms with Gasteiger partial charge in [0.25, 0.3) is 0 Å². The van der Waals surface area contributed by atoms with Gasteiger partial charge >= 0.3 is 0 Å². The summed E-state index contributed by atoms with van der Waals surface area (Å²) < 4.78 is 41.0. The molecule has 0 radical (unpaired) electrons. The van der Waals surface area contributed by atoms with Crippen molar-refractivity contribution in [3.8, 4) is 0 Å². The number of rotatable bonds is 2. The van der Waals surface area contributed by atoms with E-state index in [0.717, 1.165) is 18.9 Å². The minimum atomic E-state index is -3.86. The number of anilines is 1. The second-order valence-corrected chi connectivity index (χ2v) is 8.12. The highest BCUT2D eigenvalue weighted by Crippen LogP contribution is 2.32. The Kier molecular flexibility index (Phi) is 4.41. The van der Waals surface area contributed by atoms with Crippen LogP contribution in [0.3, 0.4) is 0 Å². The maximum Gasteiger partial charge on any atom is 0.246 e. The van der Waals surface area contributed by atoms with Gasteiger partial charge in [-0.3, -0.25) is 0 Å². The monoisotopic (exact) mass is 364 g/mol. The van der Waals surface area contributed by atoms with Gasteiger partial charge in [-0.2, -0.15) is 4.31 Å². The van der Waals surface area contributed by atoms with Gasteiger partial charge in [-0.25, -0.2) is 12.8 Å². The van der Waals surface area contributed by atoms with Gasteiger partial charge in [0.15, 0.2) is 0 Å². The third kappa shape index (κ3) is 2.84. The van der Waals surface area contributed by atoms with Crippen LogP contribution in [0.1, 0.15) is 26.7 Å². The lowest BCUT2D eigenvalue weighted by molar-refractivity contribution is 0.217. The average Bonchev–Trinajstić information content (AvgIpc) is 2.36.